The summed E-state index contributed by atoms with van der Waals surface area (Å²) in [5.41, 5.74) is 1.67. The third kappa shape index (κ3) is 5.09. The molecule has 7 heteroatoms. The first-order chi connectivity index (χ1) is 11.4. The van der Waals surface area contributed by atoms with Crippen molar-refractivity contribution in [2.45, 2.75) is 35.8 Å². The fraction of sp³-hybridized carbons (Fsp3) is 0.235. The van der Waals surface area contributed by atoms with Crippen molar-refractivity contribution in [3.8, 4) is 0 Å². The van der Waals surface area contributed by atoms with Crippen molar-refractivity contribution in [2.24, 2.45) is 4.40 Å². The van der Waals surface area contributed by atoms with Crippen LogP contribution in [0.2, 0.25) is 0 Å². The average molecular weight is 362 g/mol. The lowest BCUT2D eigenvalue weighted by Crippen LogP contribution is -2.00. The smallest absolute Gasteiger partial charge is 0.270 e. The lowest BCUT2D eigenvalue weighted by molar-refractivity contribution is -0.384. The van der Waals surface area contributed by atoms with E-state index in [2.05, 4.69) is 4.40 Å². The second kappa shape index (κ2) is 8.32. The molecule has 1 atom stereocenters. The first kappa shape index (κ1) is 18.5. The van der Waals surface area contributed by atoms with Crippen LogP contribution in [-0.2, 0) is 11.4 Å². The molecular weight excluding hydrogens is 344 g/mol. The molecule has 2 aromatic rings. The molecule has 0 N–H and O–H groups in total. The molecule has 0 radical (unpaired) electrons. The van der Waals surface area contributed by atoms with Crippen molar-refractivity contribution in [2.75, 3.05) is 0 Å². The number of non-ortho nitro benzene ring substituents is 1. The Balaban J connectivity index is 2.29. The molecule has 0 saturated carbocycles. The van der Waals surface area contributed by atoms with Gasteiger partial charge in [-0.05, 0) is 25.1 Å². The quantitative estimate of drug-likeness (QED) is 0.248. The zero-order chi connectivity index (χ0) is 17.7. The van der Waals surface area contributed by atoms with Crippen LogP contribution < -0.4 is 0 Å². The van der Waals surface area contributed by atoms with E-state index in [0.717, 1.165) is 10.5 Å². The molecule has 0 unspecified atom stereocenters. The van der Waals surface area contributed by atoms with Gasteiger partial charge in [-0.2, -0.15) is 0 Å². The summed E-state index contributed by atoms with van der Waals surface area (Å²) < 4.78 is 16.3. The van der Waals surface area contributed by atoms with Gasteiger partial charge >= 0.3 is 0 Å². The molecule has 126 valence electrons. The number of thioether (sulfide) groups is 1. The molecule has 2 aromatic carbocycles. The van der Waals surface area contributed by atoms with Gasteiger partial charge in [0.25, 0.3) is 5.69 Å². The van der Waals surface area contributed by atoms with Crippen LogP contribution in [-0.4, -0.2) is 20.9 Å². The Morgan fingerprint density at radius 2 is 1.88 bits per heavy atom. The summed E-state index contributed by atoms with van der Waals surface area (Å²) in [6.07, 6.45) is 1.45. The van der Waals surface area contributed by atoms with E-state index < -0.39 is 16.3 Å². The average Bonchev–Trinajstić information content (AvgIpc) is 2.53. The van der Waals surface area contributed by atoms with Crippen molar-refractivity contribution in [3.05, 3.63) is 63.7 Å². The topological polar surface area (TPSA) is 78.6 Å². The monoisotopic (exact) mass is 362 g/mol. The second-order valence-electron chi connectivity index (χ2n) is 5.44. The summed E-state index contributed by atoms with van der Waals surface area (Å²) >= 11 is 0.0420. The van der Waals surface area contributed by atoms with Gasteiger partial charge in [-0.3, -0.25) is 10.1 Å². The third-order valence-corrected chi connectivity index (χ3v) is 5.15. The molecule has 0 aromatic heterocycles. The molecule has 0 saturated heterocycles. The number of hydrogen-bond acceptors (Lipinski definition) is 5. The molecule has 5 nitrogen and oxygen atoms in total. The minimum atomic E-state index is -1.54. The van der Waals surface area contributed by atoms with E-state index in [-0.39, 0.29) is 5.69 Å². The zero-order valence-electron chi connectivity index (χ0n) is 13.6. The van der Waals surface area contributed by atoms with Crippen LogP contribution in [0.4, 0.5) is 5.69 Å². The molecule has 2 rings (SSSR count). The van der Waals surface area contributed by atoms with Gasteiger partial charge in [0.15, 0.2) is 4.90 Å². The highest BCUT2D eigenvalue weighted by Crippen LogP contribution is 2.29. The highest BCUT2D eigenvalue weighted by Gasteiger charge is 2.13. The lowest BCUT2D eigenvalue weighted by Gasteiger charge is -2.08. The van der Waals surface area contributed by atoms with Gasteiger partial charge in [-0.25, -0.2) is 0 Å². The third-order valence-electron chi connectivity index (χ3n) is 3.08. The van der Waals surface area contributed by atoms with E-state index in [4.69, 9.17) is 0 Å². The molecule has 0 bridgehead atoms. The predicted molar refractivity (Wildman–Crippen MR) is 99.3 cm³/mol. The molecular formula is C17H18N2O3S2. The molecule has 24 heavy (non-hydrogen) atoms. The Morgan fingerprint density at radius 3 is 2.46 bits per heavy atom. The van der Waals surface area contributed by atoms with Crippen LogP contribution in [0, 0.1) is 17.0 Å². The fourth-order valence-corrected chi connectivity index (χ4v) is 3.53. The van der Waals surface area contributed by atoms with Gasteiger partial charge in [0.1, 0.15) is 11.4 Å². The number of nitro groups is 1. The van der Waals surface area contributed by atoms with Crippen LogP contribution in [0.5, 0.6) is 0 Å². The van der Waals surface area contributed by atoms with Gasteiger partial charge in [-0.15, -0.1) is 11.8 Å². The number of nitro benzene ring substituents is 1. The molecule has 0 aliphatic carbocycles. The minimum absolute atomic E-state index is 0.00863. The maximum Gasteiger partial charge on any atom is 0.270 e. The van der Waals surface area contributed by atoms with Gasteiger partial charge in [0.05, 0.1) is 11.1 Å². The molecule has 0 aliphatic heterocycles. The van der Waals surface area contributed by atoms with Gasteiger partial charge < -0.3 is 4.55 Å². The van der Waals surface area contributed by atoms with Crippen LogP contribution in [0.3, 0.4) is 0 Å². The number of nitrogens with zero attached hydrogens (tertiary/aromatic N) is 2. The summed E-state index contributed by atoms with van der Waals surface area (Å²) in [6.45, 7) is 6.03. The van der Waals surface area contributed by atoms with E-state index in [0.29, 0.717) is 15.7 Å². The van der Waals surface area contributed by atoms with Crippen molar-refractivity contribution in [3.63, 3.8) is 0 Å². The molecule has 0 spiro atoms. The number of aryl methyl sites for hydroxylation is 1. The SMILES string of the molecule is Cc1ccc([S@+]([O-])/N=C/c2cc([N+](=O)[O-])ccc2SC(C)C)cc1. The number of benzene rings is 2. The molecule has 0 amide bonds. The lowest BCUT2D eigenvalue weighted by atomic mass is 10.2. The van der Waals surface area contributed by atoms with Gasteiger partial charge in [0, 0.05) is 27.8 Å². The largest absolute Gasteiger partial charge is 0.586 e. The van der Waals surface area contributed by atoms with E-state index in [1.807, 2.05) is 32.9 Å². The van der Waals surface area contributed by atoms with E-state index >= 15 is 0 Å². The summed E-state index contributed by atoms with van der Waals surface area (Å²) in [4.78, 5) is 12.0. The van der Waals surface area contributed by atoms with Gasteiger partial charge in [-0.1, -0.05) is 35.9 Å². The Kier molecular flexibility index (Phi) is 6.42. The standard InChI is InChI=1S/C17H18N2O3S2/c1-12(2)23-17-9-6-15(19(20)21)10-14(17)11-18-24(22)16-7-4-13(3)5-8-16/h4-12H,1-3H3/b18-11+/t24-/m0/s1. The minimum Gasteiger partial charge on any atom is -0.586 e. The van der Waals surface area contributed by atoms with Crippen LogP contribution in [0.15, 0.2) is 56.7 Å². The number of rotatable bonds is 6. The summed E-state index contributed by atoms with van der Waals surface area (Å²) in [5, 5.41) is 11.3. The predicted octanol–water partition coefficient (Wildman–Crippen LogP) is 4.55. The van der Waals surface area contributed by atoms with Crippen molar-refractivity contribution < 1.29 is 9.48 Å². The summed E-state index contributed by atoms with van der Waals surface area (Å²) in [6, 6.07) is 11.9. The van der Waals surface area contributed by atoms with Crippen LogP contribution in [0.25, 0.3) is 0 Å². The second-order valence-corrected chi connectivity index (χ2v) is 8.24. The fourth-order valence-electron chi connectivity index (χ4n) is 1.93. The van der Waals surface area contributed by atoms with E-state index in [1.165, 1.54) is 18.3 Å². The highest BCUT2D eigenvalue weighted by atomic mass is 32.2. The number of hydrogen-bond donors (Lipinski definition) is 0. The van der Waals surface area contributed by atoms with Crippen LogP contribution in [0.1, 0.15) is 25.0 Å². The first-order valence-corrected chi connectivity index (χ1v) is 9.33. The maximum atomic E-state index is 12.3. The van der Waals surface area contributed by atoms with Crippen LogP contribution >= 0.6 is 11.8 Å². The molecule has 0 aliphatic rings. The Bertz CT molecular complexity index is 746. The maximum absolute atomic E-state index is 12.3. The highest BCUT2D eigenvalue weighted by molar-refractivity contribution is 8.00. The van der Waals surface area contributed by atoms with Crippen molar-refractivity contribution in [1.29, 1.82) is 0 Å². The van der Waals surface area contributed by atoms with Gasteiger partial charge in [0.2, 0.25) is 0 Å². The summed E-state index contributed by atoms with van der Waals surface area (Å²) in [5.74, 6) is 0. The van der Waals surface area contributed by atoms with Crippen molar-refractivity contribution in [1.82, 2.24) is 0 Å². The summed E-state index contributed by atoms with van der Waals surface area (Å²) in [7, 11) is 0. The Labute approximate surface area is 148 Å². The van der Waals surface area contributed by atoms with E-state index in [1.54, 1.807) is 30.0 Å². The Hall–Kier alpha value is -1.83. The molecule has 0 fully saturated rings. The normalized spacial score (nSPS) is 12.7. The first-order valence-electron chi connectivity index (χ1n) is 7.34. The van der Waals surface area contributed by atoms with E-state index in [9.17, 15) is 14.7 Å². The Morgan fingerprint density at radius 1 is 1.21 bits per heavy atom. The molecule has 0 heterocycles. The van der Waals surface area contributed by atoms with Crippen molar-refractivity contribution >= 4 is 35.0 Å². The zero-order valence-corrected chi connectivity index (χ0v) is 15.3.